The summed E-state index contributed by atoms with van der Waals surface area (Å²) in [6, 6.07) is 7.60. The molecule has 0 radical (unpaired) electrons. The summed E-state index contributed by atoms with van der Waals surface area (Å²) in [7, 11) is -3.05. The first kappa shape index (κ1) is 19.7. The highest BCUT2D eigenvalue weighted by Gasteiger charge is 2.48. The van der Waals surface area contributed by atoms with Gasteiger partial charge in [-0.2, -0.15) is 0 Å². The molecule has 0 spiro atoms. The largest absolute Gasteiger partial charge is 0.294 e. The van der Waals surface area contributed by atoms with Gasteiger partial charge in [-0.25, -0.2) is 17.8 Å². The molecule has 0 aliphatic carbocycles. The average Bonchev–Trinajstić information content (AvgIpc) is 2.80. The SMILES string of the molecule is CC1(CC(=O)c2cnc3c(c2)C(C)(C)C(=O)N3c2ccccc2F)CS(=O)(=O)C1. The lowest BCUT2D eigenvalue weighted by atomic mass is 9.84. The minimum absolute atomic E-state index is 0.00481. The Kier molecular flexibility index (Phi) is 4.21. The average molecular weight is 416 g/mol. The lowest BCUT2D eigenvalue weighted by molar-refractivity contribution is -0.121. The van der Waals surface area contributed by atoms with E-state index in [-0.39, 0.29) is 35.3 Å². The van der Waals surface area contributed by atoms with E-state index in [0.29, 0.717) is 16.9 Å². The van der Waals surface area contributed by atoms with Crippen LogP contribution in [-0.4, -0.2) is 36.6 Å². The highest BCUT2D eigenvalue weighted by atomic mass is 32.2. The van der Waals surface area contributed by atoms with E-state index in [0.717, 1.165) is 0 Å². The molecule has 4 rings (SSSR count). The summed E-state index contributed by atoms with van der Waals surface area (Å²) in [6.07, 6.45) is 1.47. The fourth-order valence-corrected chi connectivity index (χ4v) is 6.45. The Morgan fingerprint density at radius 3 is 2.48 bits per heavy atom. The molecule has 6 nitrogen and oxygen atoms in total. The summed E-state index contributed by atoms with van der Waals surface area (Å²) in [4.78, 5) is 31.4. The zero-order valence-corrected chi connectivity index (χ0v) is 17.2. The van der Waals surface area contributed by atoms with Crippen LogP contribution in [0.5, 0.6) is 0 Å². The van der Waals surface area contributed by atoms with Gasteiger partial charge in [0.15, 0.2) is 15.6 Å². The predicted molar refractivity (Wildman–Crippen MR) is 107 cm³/mol. The quantitative estimate of drug-likeness (QED) is 0.715. The Balaban J connectivity index is 1.70. The Hall–Kier alpha value is -2.61. The smallest absolute Gasteiger partial charge is 0.243 e. The zero-order valence-electron chi connectivity index (χ0n) is 16.4. The van der Waals surface area contributed by atoms with Crippen LogP contribution >= 0.6 is 0 Å². The Morgan fingerprint density at radius 2 is 1.86 bits per heavy atom. The molecule has 1 fully saturated rings. The Labute approximate surface area is 168 Å². The number of aromatic nitrogens is 1. The number of halogens is 1. The van der Waals surface area contributed by atoms with Crippen molar-refractivity contribution in [3.63, 3.8) is 0 Å². The van der Waals surface area contributed by atoms with Gasteiger partial charge < -0.3 is 0 Å². The fourth-order valence-electron chi connectivity index (χ4n) is 4.21. The normalized spacial score (nSPS) is 20.8. The lowest BCUT2D eigenvalue weighted by Gasteiger charge is -2.37. The number of para-hydroxylation sites is 1. The maximum Gasteiger partial charge on any atom is 0.243 e. The molecule has 2 aromatic rings. The van der Waals surface area contributed by atoms with E-state index >= 15 is 0 Å². The fraction of sp³-hybridized carbons (Fsp3) is 0.381. The number of hydrogen-bond donors (Lipinski definition) is 0. The number of Topliss-reactive ketones (excluding diaryl/α,β-unsaturated/α-hetero) is 1. The van der Waals surface area contributed by atoms with Crippen molar-refractivity contribution < 1.29 is 22.4 Å². The number of anilines is 2. The summed E-state index contributed by atoms with van der Waals surface area (Å²) in [5, 5.41) is 0. The van der Waals surface area contributed by atoms with Crippen LogP contribution in [-0.2, 0) is 20.0 Å². The second-order valence-electron chi connectivity index (χ2n) is 8.75. The predicted octanol–water partition coefficient (Wildman–Crippen LogP) is 3.18. The van der Waals surface area contributed by atoms with Gasteiger partial charge in [0.05, 0.1) is 22.6 Å². The minimum atomic E-state index is -3.05. The van der Waals surface area contributed by atoms with Crippen LogP contribution in [0.2, 0.25) is 0 Å². The van der Waals surface area contributed by atoms with Crippen molar-refractivity contribution in [1.82, 2.24) is 4.98 Å². The molecule has 0 saturated carbocycles. The van der Waals surface area contributed by atoms with Crippen molar-refractivity contribution in [3.05, 3.63) is 53.5 Å². The monoisotopic (exact) mass is 416 g/mol. The number of carbonyl (C=O) groups excluding carboxylic acids is 2. The van der Waals surface area contributed by atoms with E-state index in [2.05, 4.69) is 4.98 Å². The van der Waals surface area contributed by atoms with Crippen LogP contribution < -0.4 is 4.90 Å². The molecule has 3 heterocycles. The molecular weight excluding hydrogens is 395 g/mol. The first-order valence-electron chi connectivity index (χ1n) is 9.27. The maximum absolute atomic E-state index is 14.3. The third-order valence-electron chi connectivity index (χ3n) is 5.63. The van der Waals surface area contributed by atoms with E-state index in [4.69, 9.17) is 0 Å². The van der Waals surface area contributed by atoms with E-state index in [1.54, 1.807) is 39.0 Å². The lowest BCUT2D eigenvalue weighted by Crippen LogP contribution is -2.47. The maximum atomic E-state index is 14.3. The number of carbonyl (C=O) groups is 2. The van der Waals surface area contributed by atoms with Crippen LogP contribution in [0.15, 0.2) is 36.5 Å². The van der Waals surface area contributed by atoms with E-state index in [1.807, 2.05) is 0 Å². The van der Waals surface area contributed by atoms with E-state index < -0.39 is 26.5 Å². The molecule has 1 aromatic carbocycles. The molecule has 152 valence electrons. The molecule has 0 unspecified atom stereocenters. The highest BCUT2D eigenvalue weighted by Crippen LogP contribution is 2.45. The highest BCUT2D eigenvalue weighted by molar-refractivity contribution is 7.92. The molecule has 0 atom stereocenters. The summed E-state index contributed by atoms with van der Waals surface area (Å²) < 4.78 is 37.3. The number of nitrogens with zero attached hydrogens (tertiary/aromatic N) is 2. The summed E-state index contributed by atoms with van der Waals surface area (Å²) >= 11 is 0. The van der Waals surface area contributed by atoms with Gasteiger partial charge in [-0.1, -0.05) is 19.1 Å². The molecule has 0 N–H and O–H groups in total. The molecule has 2 aliphatic heterocycles. The summed E-state index contributed by atoms with van der Waals surface area (Å²) in [5.74, 6) is -0.786. The van der Waals surface area contributed by atoms with Gasteiger partial charge in [0.25, 0.3) is 0 Å². The van der Waals surface area contributed by atoms with Crippen molar-refractivity contribution in [1.29, 1.82) is 0 Å². The third kappa shape index (κ3) is 3.15. The van der Waals surface area contributed by atoms with E-state index in [9.17, 15) is 22.4 Å². The van der Waals surface area contributed by atoms with Crippen molar-refractivity contribution in [2.24, 2.45) is 5.41 Å². The second kappa shape index (κ2) is 6.19. The molecule has 2 aliphatic rings. The van der Waals surface area contributed by atoms with Gasteiger partial charge >= 0.3 is 0 Å². The van der Waals surface area contributed by atoms with Gasteiger partial charge in [0.1, 0.15) is 11.6 Å². The topological polar surface area (TPSA) is 84.4 Å². The van der Waals surface area contributed by atoms with Gasteiger partial charge in [0.2, 0.25) is 5.91 Å². The standard InChI is InChI=1S/C21H21FN2O4S/c1-20(2)14-8-13(17(25)9-21(3)11-29(27,28)12-21)10-23-18(14)24(19(20)26)16-7-5-4-6-15(16)22/h4-8,10H,9,11-12H2,1-3H3. The molecule has 1 amide bonds. The number of benzene rings is 1. The van der Waals surface area contributed by atoms with Crippen LogP contribution in [0.25, 0.3) is 0 Å². The summed E-state index contributed by atoms with van der Waals surface area (Å²) in [5.41, 5.74) is -0.569. The Morgan fingerprint density at radius 1 is 1.21 bits per heavy atom. The number of amides is 1. The van der Waals surface area contributed by atoms with Crippen LogP contribution in [0, 0.1) is 11.2 Å². The minimum Gasteiger partial charge on any atom is -0.294 e. The first-order chi connectivity index (χ1) is 13.4. The molecule has 1 saturated heterocycles. The first-order valence-corrected chi connectivity index (χ1v) is 11.1. The van der Waals surface area contributed by atoms with Crippen molar-refractivity contribution in [2.45, 2.75) is 32.6 Å². The Bertz CT molecular complexity index is 1150. The third-order valence-corrected chi connectivity index (χ3v) is 7.90. The number of fused-ring (bicyclic) bond motifs is 1. The van der Waals surface area contributed by atoms with Gasteiger partial charge in [-0.05, 0) is 32.0 Å². The number of hydrogen-bond acceptors (Lipinski definition) is 5. The zero-order chi connectivity index (χ0) is 21.2. The van der Waals surface area contributed by atoms with Gasteiger partial charge in [0, 0.05) is 29.2 Å². The second-order valence-corrected chi connectivity index (χ2v) is 10.8. The number of sulfone groups is 1. The summed E-state index contributed by atoms with van der Waals surface area (Å²) in [6.45, 7) is 5.20. The number of ketones is 1. The van der Waals surface area contributed by atoms with Crippen LogP contribution in [0.3, 0.4) is 0 Å². The molecule has 29 heavy (non-hydrogen) atoms. The molecule has 1 aromatic heterocycles. The van der Waals surface area contributed by atoms with E-state index in [1.165, 1.54) is 23.2 Å². The van der Waals surface area contributed by atoms with Gasteiger partial charge in [-0.3, -0.25) is 14.5 Å². The molecule has 8 heteroatoms. The van der Waals surface area contributed by atoms with Crippen LogP contribution in [0.1, 0.15) is 43.1 Å². The van der Waals surface area contributed by atoms with Crippen molar-refractivity contribution >= 4 is 33.0 Å². The van der Waals surface area contributed by atoms with Crippen molar-refractivity contribution in [2.75, 3.05) is 16.4 Å². The number of pyridine rings is 1. The van der Waals surface area contributed by atoms with Crippen molar-refractivity contribution in [3.8, 4) is 0 Å². The molecular formula is C21H21FN2O4S. The van der Waals surface area contributed by atoms with Crippen LogP contribution in [0.4, 0.5) is 15.9 Å². The van der Waals surface area contributed by atoms with Gasteiger partial charge in [-0.15, -0.1) is 0 Å². The number of rotatable bonds is 4. The molecule has 0 bridgehead atoms.